The van der Waals surface area contributed by atoms with E-state index in [1.165, 1.54) is 12.3 Å². The summed E-state index contributed by atoms with van der Waals surface area (Å²) in [5.74, 6) is 0.00343. The number of H-pyrrole nitrogens is 1. The van der Waals surface area contributed by atoms with E-state index in [9.17, 15) is 9.59 Å². The minimum atomic E-state index is -0.171. The van der Waals surface area contributed by atoms with Gasteiger partial charge >= 0.3 is 0 Å². The number of aromatic nitrogens is 1. The number of nitrogens with zero attached hydrogens (tertiary/aromatic N) is 1. The molecule has 1 amide bonds. The average Bonchev–Trinajstić information content (AvgIpc) is 2.38. The first-order valence-electron chi connectivity index (χ1n) is 6.27. The lowest BCUT2D eigenvalue weighted by Crippen LogP contribution is -2.47. The number of nitrogens with one attached hydrogen (secondary N) is 2. The molecule has 1 unspecified atom stereocenters. The Bertz CT molecular complexity index is 501. The van der Waals surface area contributed by atoms with E-state index >= 15 is 0 Å². The van der Waals surface area contributed by atoms with Crippen LogP contribution in [0.15, 0.2) is 17.1 Å². The van der Waals surface area contributed by atoms with Crippen LogP contribution < -0.4 is 10.9 Å². The Balaban J connectivity index is 0.00000180. The van der Waals surface area contributed by atoms with Crippen molar-refractivity contribution in [3.63, 3.8) is 0 Å². The summed E-state index contributed by atoms with van der Waals surface area (Å²) in [5, 5.41) is 3.21. The number of halogens is 1. The molecule has 0 saturated carbocycles. The highest BCUT2D eigenvalue weighted by Gasteiger charge is 2.24. The normalized spacial score (nSPS) is 18.8. The topological polar surface area (TPSA) is 65.2 Å². The number of likely N-dealkylation sites (tertiary alicyclic amines) is 1. The first kappa shape index (κ1) is 15.7. The molecule has 1 fully saturated rings. The Morgan fingerprint density at radius 1 is 1.53 bits per heavy atom. The van der Waals surface area contributed by atoms with E-state index in [2.05, 4.69) is 10.3 Å². The third-order valence-corrected chi connectivity index (χ3v) is 3.48. The number of aromatic amines is 1. The highest BCUT2D eigenvalue weighted by atomic mass is 35.5. The quantitative estimate of drug-likeness (QED) is 0.850. The SMILES string of the molecule is CNC1CCCN(C(=O)c2c[nH]c(=O)cc2C)C1.Cl. The van der Waals surface area contributed by atoms with Gasteiger partial charge in [-0.25, -0.2) is 0 Å². The molecular formula is C13H20ClN3O2. The largest absolute Gasteiger partial charge is 0.337 e. The number of likely N-dealkylation sites (N-methyl/N-ethyl adjacent to an activating group) is 1. The van der Waals surface area contributed by atoms with Crippen molar-refractivity contribution >= 4 is 18.3 Å². The van der Waals surface area contributed by atoms with Crippen LogP contribution >= 0.6 is 12.4 Å². The van der Waals surface area contributed by atoms with Crippen LogP contribution in [-0.2, 0) is 0 Å². The third-order valence-electron chi connectivity index (χ3n) is 3.48. The van der Waals surface area contributed by atoms with Crippen LogP contribution in [0.3, 0.4) is 0 Å². The van der Waals surface area contributed by atoms with E-state index in [-0.39, 0.29) is 23.9 Å². The van der Waals surface area contributed by atoms with Crippen molar-refractivity contribution < 1.29 is 4.79 Å². The van der Waals surface area contributed by atoms with Crippen LogP contribution in [0.5, 0.6) is 0 Å². The zero-order valence-electron chi connectivity index (χ0n) is 11.2. The van der Waals surface area contributed by atoms with E-state index in [4.69, 9.17) is 0 Å². The number of aryl methyl sites for hydroxylation is 1. The molecule has 1 aliphatic heterocycles. The molecule has 1 aromatic heterocycles. The molecule has 2 rings (SSSR count). The van der Waals surface area contributed by atoms with Crippen LogP contribution in [0.1, 0.15) is 28.8 Å². The summed E-state index contributed by atoms with van der Waals surface area (Å²) in [4.78, 5) is 27.9. The Hall–Kier alpha value is -1.33. The van der Waals surface area contributed by atoms with Gasteiger partial charge in [0.05, 0.1) is 5.56 Å². The van der Waals surface area contributed by atoms with E-state index in [0.29, 0.717) is 11.6 Å². The first-order chi connectivity index (χ1) is 8.61. The molecule has 0 spiro atoms. The van der Waals surface area contributed by atoms with Crippen LogP contribution in [0.4, 0.5) is 0 Å². The van der Waals surface area contributed by atoms with Crippen LogP contribution in [0.25, 0.3) is 0 Å². The summed E-state index contributed by atoms with van der Waals surface area (Å²) in [6.07, 6.45) is 3.63. The van der Waals surface area contributed by atoms with E-state index in [0.717, 1.165) is 31.5 Å². The maximum absolute atomic E-state index is 12.4. The number of amides is 1. The number of hydrogen-bond acceptors (Lipinski definition) is 3. The van der Waals surface area contributed by atoms with Gasteiger partial charge < -0.3 is 15.2 Å². The predicted molar refractivity (Wildman–Crippen MR) is 77.0 cm³/mol. The van der Waals surface area contributed by atoms with Crippen molar-refractivity contribution in [3.8, 4) is 0 Å². The molecule has 0 radical (unpaired) electrons. The molecule has 1 aliphatic rings. The molecule has 0 aromatic carbocycles. The van der Waals surface area contributed by atoms with Gasteiger partial charge in [-0.1, -0.05) is 0 Å². The summed E-state index contributed by atoms with van der Waals surface area (Å²) in [6.45, 7) is 3.31. The van der Waals surface area contributed by atoms with E-state index in [1.54, 1.807) is 6.92 Å². The lowest BCUT2D eigenvalue weighted by Gasteiger charge is -2.32. The number of hydrogen-bond donors (Lipinski definition) is 2. The van der Waals surface area contributed by atoms with Gasteiger partial charge in [0.15, 0.2) is 0 Å². The predicted octanol–water partition coefficient (Wildman–Crippen LogP) is 0.929. The molecule has 1 atom stereocenters. The van der Waals surface area contributed by atoms with Crippen molar-refractivity contribution in [1.29, 1.82) is 0 Å². The van der Waals surface area contributed by atoms with Crippen molar-refractivity contribution in [1.82, 2.24) is 15.2 Å². The van der Waals surface area contributed by atoms with Gasteiger partial charge in [-0.3, -0.25) is 9.59 Å². The summed E-state index contributed by atoms with van der Waals surface area (Å²) in [6, 6.07) is 1.83. The monoisotopic (exact) mass is 285 g/mol. The van der Waals surface area contributed by atoms with Crippen molar-refractivity contribution in [2.45, 2.75) is 25.8 Å². The van der Waals surface area contributed by atoms with Crippen molar-refractivity contribution in [2.75, 3.05) is 20.1 Å². The van der Waals surface area contributed by atoms with Gasteiger partial charge in [0.25, 0.3) is 5.91 Å². The molecule has 1 saturated heterocycles. The number of pyridine rings is 1. The molecule has 2 heterocycles. The minimum absolute atomic E-state index is 0. The second kappa shape index (κ2) is 6.73. The van der Waals surface area contributed by atoms with Crippen LogP contribution in [0, 0.1) is 6.92 Å². The molecule has 6 heteroatoms. The number of carbonyl (C=O) groups excluding carboxylic acids is 1. The number of carbonyl (C=O) groups is 1. The Labute approximate surface area is 118 Å². The fourth-order valence-electron chi connectivity index (χ4n) is 2.37. The molecule has 0 bridgehead atoms. The van der Waals surface area contributed by atoms with Gasteiger partial charge in [0, 0.05) is 31.4 Å². The third kappa shape index (κ3) is 3.58. The summed E-state index contributed by atoms with van der Waals surface area (Å²) < 4.78 is 0. The highest BCUT2D eigenvalue weighted by Crippen LogP contribution is 2.14. The maximum atomic E-state index is 12.4. The van der Waals surface area contributed by atoms with Crippen molar-refractivity contribution in [3.05, 3.63) is 33.7 Å². The zero-order chi connectivity index (χ0) is 13.1. The maximum Gasteiger partial charge on any atom is 0.255 e. The lowest BCUT2D eigenvalue weighted by atomic mass is 10.0. The average molecular weight is 286 g/mol. The Morgan fingerprint density at radius 2 is 2.26 bits per heavy atom. The number of piperidine rings is 1. The second-order valence-corrected chi connectivity index (χ2v) is 4.77. The number of rotatable bonds is 2. The minimum Gasteiger partial charge on any atom is -0.337 e. The fourth-order valence-corrected chi connectivity index (χ4v) is 2.37. The smallest absolute Gasteiger partial charge is 0.255 e. The standard InChI is InChI=1S/C13H19N3O2.ClH/c1-9-6-12(17)15-7-11(9)13(18)16-5-3-4-10(8-16)14-2;/h6-7,10,14H,3-5,8H2,1-2H3,(H,15,17);1H. The Morgan fingerprint density at radius 3 is 2.89 bits per heavy atom. The lowest BCUT2D eigenvalue weighted by molar-refractivity contribution is 0.0697. The van der Waals surface area contributed by atoms with Crippen LogP contribution in [-0.4, -0.2) is 42.0 Å². The van der Waals surface area contributed by atoms with Crippen LogP contribution in [0.2, 0.25) is 0 Å². The van der Waals surface area contributed by atoms with Gasteiger partial charge in [-0.2, -0.15) is 0 Å². The summed E-state index contributed by atoms with van der Waals surface area (Å²) in [5.41, 5.74) is 1.15. The molecule has 1 aromatic rings. The van der Waals surface area contributed by atoms with Gasteiger partial charge in [0.1, 0.15) is 0 Å². The summed E-state index contributed by atoms with van der Waals surface area (Å²) >= 11 is 0. The van der Waals surface area contributed by atoms with Gasteiger partial charge in [-0.15, -0.1) is 12.4 Å². The van der Waals surface area contributed by atoms with Crippen molar-refractivity contribution in [2.24, 2.45) is 0 Å². The molecular weight excluding hydrogens is 266 g/mol. The van der Waals surface area contributed by atoms with Gasteiger partial charge in [0.2, 0.25) is 5.56 Å². The Kier molecular flexibility index (Phi) is 5.57. The fraction of sp³-hybridized carbons (Fsp3) is 0.538. The molecule has 106 valence electrons. The molecule has 5 nitrogen and oxygen atoms in total. The molecule has 0 aliphatic carbocycles. The van der Waals surface area contributed by atoms with Gasteiger partial charge in [-0.05, 0) is 32.4 Å². The van der Waals surface area contributed by atoms with E-state index in [1.807, 2.05) is 11.9 Å². The highest BCUT2D eigenvalue weighted by molar-refractivity contribution is 5.95. The second-order valence-electron chi connectivity index (χ2n) is 4.77. The molecule has 2 N–H and O–H groups in total. The first-order valence-corrected chi connectivity index (χ1v) is 6.27. The zero-order valence-corrected chi connectivity index (χ0v) is 12.0. The van der Waals surface area contributed by atoms with E-state index < -0.39 is 0 Å². The molecule has 19 heavy (non-hydrogen) atoms. The summed E-state index contributed by atoms with van der Waals surface area (Å²) in [7, 11) is 1.92.